The molecule has 0 N–H and O–H groups in total. The molecule has 0 aliphatic heterocycles. The molecule has 0 aliphatic rings. The highest BCUT2D eigenvalue weighted by Crippen LogP contribution is 2.30. The molecule has 0 aromatic heterocycles. The number of hydrogen-bond acceptors (Lipinski definition) is 1. The fourth-order valence-electron chi connectivity index (χ4n) is 1.94. The minimum Gasteiger partial charge on any atom is -0.494 e. The normalized spacial score (nSPS) is 11.5. The average Bonchev–Trinajstić information content (AvgIpc) is 2.19. The number of ether oxygens (including phenoxy) is 1. The van der Waals surface area contributed by atoms with Crippen LogP contribution in [0.4, 0.5) is 0 Å². The summed E-state index contributed by atoms with van der Waals surface area (Å²) in [6.07, 6.45) is 2.43. The summed E-state index contributed by atoms with van der Waals surface area (Å²) in [6, 6.07) is 8.46. The second-order valence-corrected chi connectivity index (χ2v) is 4.59. The van der Waals surface area contributed by atoms with Gasteiger partial charge in [0.05, 0.1) is 6.61 Å². The number of rotatable bonds is 5. The van der Waals surface area contributed by atoms with Crippen LogP contribution in [0.3, 0.4) is 0 Å². The smallest absolute Gasteiger partial charge is 0.119 e. The fraction of sp³-hybridized carbons (Fsp3) is 0.571. The molecule has 1 aromatic rings. The van der Waals surface area contributed by atoms with Crippen LogP contribution in [-0.4, -0.2) is 6.61 Å². The van der Waals surface area contributed by atoms with E-state index in [1.54, 1.807) is 0 Å². The van der Waals surface area contributed by atoms with Crippen LogP contribution < -0.4 is 4.74 Å². The van der Waals surface area contributed by atoms with Crippen molar-refractivity contribution in [2.45, 2.75) is 46.0 Å². The monoisotopic (exact) mass is 206 g/mol. The molecule has 1 heteroatoms. The Morgan fingerprint density at radius 3 is 2.53 bits per heavy atom. The fourth-order valence-corrected chi connectivity index (χ4v) is 1.94. The van der Waals surface area contributed by atoms with Crippen molar-refractivity contribution in [2.75, 3.05) is 6.61 Å². The topological polar surface area (TPSA) is 9.23 Å². The molecule has 0 saturated heterocycles. The van der Waals surface area contributed by atoms with Crippen molar-refractivity contribution in [3.8, 4) is 5.75 Å². The Labute approximate surface area is 93.5 Å². The highest BCUT2D eigenvalue weighted by Gasteiger charge is 2.19. The van der Waals surface area contributed by atoms with Gasteiger partial charge in [0.1, 0.15) is 5.75 Å². The Balaban J connectivity index is 2.88. The van der Waals surface area contributed by atoms with Crippen LogP contribution in [0, 0.1) is 0 Å². The van der Waals surface area contributed by atoms with E-state index < -0.39 is 0 Å². The van der Waals surface area contributed by atoms with Gasteiger partial charge in [-0.3, -0.25) is 0 Å². The molecule has 0 saturated carbocycles. The molecule has 0 unspecified atom stereocenters. The van der Waals surface area contributed by atoms with Gasteiger partial charge in [0, 0.05) is 0 Å². The zero-order valence-corrected chi connectivity index (χ0v) is 10.3. The first-order chi connectivity index (χ1) is 7.10. The van der Waals surface area contributed by atoms with E-state index in [0.29, 0.717) is 0 Å². The summed E-state index contributed by atoms with van der Waals surface area (Å²) < 4.78 is 5.52. The molecule has 0 fully saturated rings. The molecule has 0 atom stereocenters. The van der Waals surface area contributed by atoms with Gasteiger partial charge in [0.15, 0.2) is 0 Å². The van der Waals surface area contributed by atoms with Crippen molar-refractivity contribution in [1.29, 1.82) is 0 Å². The van der Waals surface area contributed by atoms with E-state index >= 15 is 0 Å². The van der Waals surface area contributed by atoms with Crippen LogP contribution in [0.15, 0.2) is 24.3 Å². The summed E-state index contributed by atoms with van der Waals surface area (Å²) in [4.78, 5) is 0. The Morgan fingerprint density at radius 1 is 1.20 bits per heavy atom. The molecule has 84 valence electrons. The molecule has 0 aliphatic carbocycles. The van der Waals surface area contributed by atoms with E-state index in [1.807, 2.05) is 13.0 Å². The molecule has 15 heavy (non-hydrogen) atoms. The van der Waals surface area contributed by atoms with Crippen LogP contribution in [0.5, 0.6) is 5.75 Å². The van der Waals surface area contributed by atoms with Crippen molar-refractivity contribution < 1.29 is 4.74 Å². The molecule has 1 rings (SSSR count). The van der Waals surface area contributed by atoms with E-state index in [2.05, 4.69) is 39.0 Å². The maximum Gasteiger partial charge on any atom is 0.119 e. The Hall–Kier alpha value is -0.980. The summed E-state index contributed by atoms with van der Waals surface area (Å²) in [5.41, 5.74) is 1.62. The highest BCUT2D eigenvalue weighted by atomic mass is 16.5. The second-order valence-electron chi connectivity index (χ2n) is 4.59. The van der Waals surface area contributed by atoms with Crippen LogP contribution in [0.2, 0.25) is 0 Å². The minimum absolute atomic E-state index is 0.252. The maximum absolute atomic E-state index is 5.52. The lowest BCUT2D eigenvalue weighted by atomic mass is 9.81. The van der Waals surface area contributed by atoms with E-state index in [0.717, 1.165) is 12.4 Å². The van der Waals surface area contributed by atoms with Crippen LogP contribution in [0.1, 0.15) is 46.1 Å². The third kappa shape index (κ3) is 3.26. The predicted octanol–water partition coefficient (Wildman–Crippen LogP) is 4.16. The van der Waals surface area contributed by atoms with E-state index in [9.17, 15) is 0 Å². The first kappa shape index (κ1) is 12.1. The lowest BCUT2D eigenvalue weighted by Gasteiger charge is -2.25. The standard InChI is InChI=1S/C14H22O/c1-5-10-14(3,4)12-8-7-9-13(11-12)15-6-2/h7-9,11H,5-6,10H2,1-4H3. The SMILES string of the molecule is CCCC(C)(C)c1cccc(OCC)c1. The second kappa shape index (κ2) is 5.20. The van der Waals surface area contributed by atoms with Crippen molar-refractivity contribution in [1.82, 2.24) is 0 Å². The molecule has 0 bridgehead atoms. The van der Waals surface area contributed by atoms with Crippen molar-refractivity contribution >= 4 is 0 Å². The third-order valence-electron chi connectivity index (χ3n) is 2.80. The average molecular weight is 206 g/mol. The molecule has 0 heterocycles. The first-order valence-corrected chi connectivity index (χ1v) is 5.83. The molecular formula is C14H22O. The van der Waals surface area contributed by atoms with Gasteiger partial charge in [-0.25, -0.2) is 0 Å². The summed E-state index contributed by atoms with van der Waals surface area (Å²) in [5, 5.41) is 0. The van der Waals surface area contributed by atoms with Crippen molar-refractivity contribution in [3.63, 3.8) is 0 Å². The zero-order valence-electron chi connectivity index (χ0n) is 10.3. The summed E-state index contributed by atoms with van der Waals surface area (Å²) in [6.45, 7) is 9.57. The van der Waals surface area contributed by atoms with Gasteiger partial charge in [-0.15, -0.1) is 0 Å². The van der Waals surface area contributed by atoms with Crippen molar-refractivity contribution in [2.24, 2.45) is 0 Å². The predicted molar refractivity (Wildman–Crippen MR) is 65.5 cm³/mol. The molecule has 1 aromatic carbocycles. The lowest BCUT2D eigenvalue weighted by Crippen LogP contribution is -2.16. The summed E-state index contributed by atoms with van der Waals surface area (Å²) in [5.74, 6) is 0.985. The summed E-state index contributed by atoms with van der Waals surface area (Å²) in [7, 11) is 0. The summed E-state index contributed by atoms with van der Waals surface area (Å²) >= 11 is 0. The molecular weight excluding hydrogens is 184 g/mol. The molecule has 1 nitrogen and oxygen atoms in total. The molecule has 0 spiro atoms. The Kier molecular flexibility index (Phi) is 4.19. The number of benzene rings is 1. The van der Waals surface area contributed by atoms with Crippen LogP contribution >= 0.6 is 0 Å². The maximum atomic E-state index is 5.52. The quantitative estimate of drug-likeness (QED) is 0.702. The van der Waals surface area contributed by atoms with Gasteiger partial charge in [-0.2, -0.15) is 0 Å². The molecule has 0 amide bonds. The number of hydrogen-bond donors (Lipinski definition) is 0. The van der Waals surface area contributed by atoms with E-state index in [1.165, 1.54) is 18.4 Å². The van der Waals surface area contributed by atoms with Gasteiger partial charge < -0.3 is 4.74 Å². The largest absolute Gasteiger partial charge is 0.494 e. The lowest BCUT2D eigenvalue weighted by molar-refractivity contribution is 0.338. The highest BCUT2D eigenvalue weighted by molar-refractivity contribution is 5.33. The third-order valence-corrected chi connectivity index (χ3v) is 2.80. The minimum atomic E-state index is 0.252. The van der Waals surface area contributed by atoms with Crippen molar-refractivity contribution in [3.05, 3.63) is 29.8 Å². The first-order valence-electron chi connectivity index (χ1n) is 5.83. The van der Waals surface area contributed by atoms with Gasteiger partial charge in [-0.05, 0) is 36.5 Å². The van der Waals surface area contributed by atoms with Gasteiger partial charge in [0.2, 0.25) is 0 Å². The van der Waals surface area contributed by atoms with E-state index in [4.69, 9.17) is 4.74 Å². The molecule has 0 radical (unpaired) electrons. The van der Waals surface area contributed by atoms with Crippen LogP contribution in [-0.2, 0) is 5.41 Å². The zero-order chi connectivity index (χ0) is 11.3. The van der Waals surface area contributed by atoms with Gasteiger partial charge in [0.25, 0.3) is 0 Å². The van der Waals surface area contributed by atoms with Gasteiger partial charge in [-0.1, -0.05) is 39.3 Å². The van der Waals surface area contributed by atoms with Gasteiger partial charge >= 0.3 is 0 Å². The Morgan fingerprint density at radius 2 is 1.93 bits per heavy atom. The van der Waals surface area contributed by atoms with E-state index in [-0.39, 0.29) is 5.41 Å². The van der Waals surface area contributed by atoms with Crippen LogP contribution in [0.25, 0.3) is 0 Å². The Bertz CT molecular complexity index is 302.